The van der Waals surface area contributed by atoms with Crippen molar-refractivity contribution in [2.24, 2.45) is 5.92 Å². The Morgan fingerprint density at radius 1 is 1.11 bits per heavy atom. The predicted octanol–water partition coefficient (Wildman–Crippen LogP) is 3.03. The summed E-state index contributed by atoms with van der Waals surface area (Å²) in [4.78, 5) is 2.61. The molecule has 1 N–H and O–H groups in total. The summed E-state index contributed by atoms with van der Waals surface area (Å²) in [5.74, 6) is 0.735. The molecule has 2 heteroatoms. The second kappa shape index (κ2) is 6.35. The van der Waals surface area contributed by atoms with Gasteiger partial charge < -0.3 is 5.32 Å². The van der Waals surface area contributed by atoms with Gasteiger partial charge in [-0.1, -0.05) is 45.0 Å². The zero-order valence-corrected chi connectivity index (χ0v) is 11.9. The SMILES string of the molecule is CCC(CNCC(C)C)N1Cc2ccccc2C1. The Morgan fingerprint density at radius 2 is 1.72 bits per heavy atom. The van der Waals surface area contributed by atoms with Crippen LogP contribution in [0.15, 0.2) is 24.3 Å². The van der Waals surface area contributed by atoms with Gasteiger partial charge in [-0.15, -0.1) is 0 Å². The summed E-state index contributed by atoms with van der Waals surface area (Å²) in [6.45, 7) is 11.3. The van der Waals surface area contributed by atoms with Crippen LogP contribution in [0.1, 0.15) is 38.3 Å². The van der Waals surface area contributed by atoms with Crippen molar-refractivity contribution in [3.63, 3.8) is 0 Å². The molecule has 1 heterocycles. The first-order chi connectivity index (χ1) is 8.70. The van der Waals surface area contributed by atoms with Gasteiger partial charge in [0.1, 0.15) is 0 Å². The average molecular weight is 246 g/mol. The van der Waals surface area contributed by atoms with E-state index in [1.807, 2.05) is 0 Å². The Hall–Kier alpha value is -0.860. The summed E-state index contributed by atoms with van der Waals surface area (Å²) in [5.41, 5.74) is 3.03. The largest absolute Gasteiger partial charge is 0.315 e. The molecule has 0 spiro atoms. The third-order valence-electron chi connectivity index (χ3n) is 3.79. The lowest BCUT2D eigenvalue weighted by molar-refractivity contribution is 0.187. The molecule has 0 saturated heterocycles. The van der Waals surface area contributed by atoms with E-state index in [2.05, 4.69) is 55.3 Å². The molecule has 1 aromatic rings. The van der Waals surface area contributed by atoms with Crippen LogP contribution in [0.3, 0.4) is 0 Å². The van der Waals surface area contributed by atoms with E-state index in [0.717, 1.165) is 32.1 Å². The summed E-state index contributed by atoms with van der Waals surface area (Å²) in [6, 6.07) is 9.50. The smallest absolute Gasteiger partial charge is 0.0244 e. The topological polar surface area (TPSA) is 15.3 Å². The van der Waals surface area contributed by atoms with Crippen LogP contribution in [-0.4, -0.2) is 24.0 Å². The first-order valence-corrected chi connectivity index (χ1v) is 7.22. The number of rotatable bonds is 6. The van der Waals surface area contributed by atoms with E-state index in [-0.39, 0.29) is 0 Å². The molecule has 18 heavy (non-hydrogen) atoms. The highest BCUT2D eigenvalue weighted by atomic mass is 15.2. The van der Waals surface area contributed by atoms with E-state index < -0.39 is 0 Å². The number of nitrogens with zero attached hydrogens (tertiary/aromatic N) is 1. The Balaban J connectivity index is 1.87. The fraction of sp³-hybridized carbons (Fsp3) is 0.625. The maximum Gasteiger partial charge on any atom is 0.0244 e. The van der Waals surface area contributed by atoms with Crippen LogP contribution in [0.2, 0.25) is 0 Å². The Bertz CT molecular complexity index is 348. The molecule has 0 fully saturated rings. The van der Waals surface area contributed by atoms with Crippen molar-refractivity contribution in [2.75, 3.05) is 13.1 Å². The minimum absolute atomic E-state index is 0.663. The van der Waals surface area contributed by atoms with E-state index in [0.29, 0.717) is 6.04 Å². The normalized spacial score (nSPS) is 17.1. The molecule has 1 aliphatic rings. The van der Waals surface area contributed by atoms with Crippen molar-refractivity contribution in [1.29, 1.82) is 0 Å². The summed E-state index contributed by atoms with van der Waals surface area (Å²) in [6.07, 6.45) is 1.22. The minimum Gasteiger partial charge on any atom is -0.315 e. The fourth-order valence-electron chi connectivity index (χ4n) is 2.69. The molecule has 0 aliphatic carbocycles. The maximum atomic E-state index is 3.60. The first kappa shape index (κ1) is 13.6. The standard InChI is InChI=1S/C16H26N2/c1-4-16(10-17-9-13(2)3)18-11-14-7-5-6-8-15(14)12-18/h5-8,13,16-17H,4,9-12H2,1-3H3. The van der Waals surface area contributed by atoms with E-state index in [1.54, 1.807) is 0 Å². The van der Waals surface area contributed by atoms with Gasteiger partial charge in [0.25, 0.3) is 0 Å². The van der Waals surface area contributed by atoms with Crippen LogP contribution < -0.4 is 5.32 Å². The molecule has 0 aromatic heterocycles. The lowest BCUT2D eigenvalue weighted by Crippen LogP contribution is -2.40. The fourth-order valence-corrected chi connectivity index (χ4v) is 2.69. The van der Waals surface area contributed by atoms with Gasteiger partial charge in [-0.25, -0.2) is 0 Å². The van der Waals surface area contributed by atoms with Gasteiger partial charge in [0.05, 0.1) is 0 Å². The molecular weight excluding hydrogens is 220 g/mol. The van der Waals surface area contributed by atoms with Crippen molar-refractivity contribution in [3.8, 4) is 0 Å². The highest BCUT2D eigenvalue weighted by molar-refractivity contribution is 5.30. The molecule has 1 aliphatic heterocycles. The predicted molar refractivity (Wildman–Crippen MR) is 77.5 cm³/mol. The van der Waals surface area contributed by atoms with Crippen LogP contribution in [-0.2, 0) is 13.1 Å². The molecule has 2 nitrogen and oxygen atoms in total. The molecule has 0 radical (unpaired) electrons. The van der Waals surface area contributed by atoms with Gasteiger partial charge in [-0.05, 0) is 30.0 Å². The summed E-state index contributed by atoms with van der Waals surface area (Å²) >= 11 is 0. The number of hydrogen-bond acceptors (Lipinski definition) is 2. The summed E-state index contributed by atoms with van der Waals surface area (Å²) in [7, 11) is 0. The third-order valence-corrected chi connectivity index (χ3v) is 3.79. The van der Waals surface area contributed by atoms with Crippen molar-refractivity contribution in [1.82, 2.24) is 10.2 Å². The zero-order chi connectivity index (χ0) is 13.0. The Kier molecular flexibility index (Phi) is 4.79. The number of fused-ring (bicyclic) bond motifs is 1. The maximum absolute atomic E-state index is 3.60. The second-order valence-corrected chi connectivity index (χ2v) is 5.79. The zero-order valence-electron chi connectivity index (χ0n) is 11.9. The number of hydrogen-bond donors (Lipinski definition) is 1. The van der Waals surface area contributed by atoms with Gasteiger partial charge in [-0.3, -0.25) is 4.90 Å². The molecule has 0 bridgehead atoms. The number of nitrogens with one attached hydrogen (secondary N) is 1. The molecule has 2 rings (SSSR count). The van der Waals surface area contributed by atoms with E-state index in [1.165, 1.54) is 17.5 Å². The van der Waals surface area contributed by atoms with Crippen molar-refractivity contribution in [3.05, 3.63) is 35.4 Å². The monoisotopic (exact) mass is 246 g/mol. The summed E-state index contributed by atoms with van der Waals surface area (Å²) in [5, 5.41) is 3.60. The van der Waals surface area contributed by atoms with E-state index in [9.17, 15) is 0 Å². The minimum atomic E-state index is 0.663. The van der Waals surface area contributed by atoms with Crippen molar-refractivity contribution < 1.29 is 0 Å². The lowest BCUT2D eigenvalue weighted by atomic mass is 10.1. The molecular formula is C16H26N2. The third kappa shape index (κ3) is 3.33. The van der Waals surface area contributed by atoms with Crippen LogP contribution in [0.25, 0.3) is 0 Å². The Labute approximate surface area is 111 Å². The van der Waals surface area contributed by atoms with E-state index >= 15 is 0 Å². The first-order valence-electron chi connectivity index (χ1n) is 7.22. The molecule has 1 aromatic carbocycles. The molecule has 100 valence electrons. The lowest BCUT2D eigenvalue weighted by Gasteiger charge is -2.27. The molecule has 1 unspecified atom stereocenters. The van der Waals surface area contributed by atoms with Crippen molar-refractivity contribution >= 4 is 0 Å². The van der Waals surface area contributed by atoms with Gasteiger partial charge in [0, 0.05) is 25.7 Å². The molecule has 1 atom stereocenters. The highest BCUT2D eigenvalue weighted by Crippen LogP contribution is 2.24. The van der Waals surface area contributed by atoms with Crippen LogP contribution in [0.4, 0.5) is 0 Å². The number of benzene rings is 1. The van der Waals surface area contributed by atoms with Gasteiger partial charge in [0.15, 0.2) is 0 Å². The van der Waals surface area contributed by atoms with Crippen molar-refractivity contribution in [2.45, 2.75) is 46.3 Å². The average Bonchev–Trinajstić information content (AvgIpc) is 2.77. The van der Waals surface area contributed by atoms with Crippen LogP contribution in [0, 0.1) is 5.92 Å². The van der Waals surface area contributed by atoms with Crippen LogP contribution in [0.5, 0.6) is 0 Å². The van der Waals surface area contributed by atoms with Gasteiger partial charge in [-0.2, -0.15) is 0 Å². The molecule has 0 saturated carbocycles. The van der Waals surface area contributed by atoms with Gasteiger partial charge >= 0.3 is 0 Å². The quantitative estimate of drug-likeness (QED) is 0.830. The Morgan fingerprint density at radius 3 is 2.22 bits per heavy atom. The van der Waals surface area contributed by atoms with Gasteiger partial charge in [0.2, 0.25) is 0 Å². The highest BCUT2D eigenvalue weighted by Gasteiger charge is 2.23. The molecule has 0 amide bonds. The van der Waals surface area contributed by atoms with Crippen LogP contribution >= 0.6 is 0 Å². The second-order valence-electron chi connectivity index (χ2n) is 5.79. The van der Waals surface area contributed by atoms with E-state index in [4.69, 9.17) is 0 Å². The summed E-state index contributed by atoms with van der Waals surface area (Å²) < 4.78 is 0.